The van der Waals surface area contributed by atoms with E-state index in [4.69, 9.17) is 5.73 Å². The standard InChI is InChI=1S/C13H22N2OS2/c1-5-9(16)11-10(14)12(17-4)13(18-11)15-7-6-8(2)3/h8,15H,5-7,14H2,1-4H3. The van der Waals surface area contributed by atoms with E-state index in [2.05, 4.69) is 19.2 Å². The van der Waals surface area contributed by atoms with Crippen LogP contribution in [0, 0.1) is 5.92 Å². The number of carbonyl (C=O) groups is 1. The van der Waals surface area contributed by atoms with Crippen LogP contribution in [0.25, 0.3) is 0 Å². The van der Waals surface area contributed by atoms with Gasteiger partial charge in [0, 0.05) is 13.0 Å². The van der Waals surface area contributed by atoms with Crippen LogP contribution in [0.4, 0.5) is 10.7 Å². The van der Waals surface area contributed by atoms with Crippen LogP contribution in [0.2, 0.25) is 0 Å². The van der Waals surface area contributed by atoms with Crippen LogP contribution in [0.5, 0.6) is 0 Å². The van der Waals surface area contributed by atoms with E-state index in [0.717, 1.165) is 22.9 Å². The predicted octanol–water partition coefficient (Wildman–Crippen LogP) is 4.10. The minimum Gasteiger partial charge on any atom is -0.396 e. The lowest BCUT2D eigenvalue weighted by Crippen LogP contribution is -2.04. The molecule has 0 amide bonds. The Morgan fingerprint density at radius 1 is 1.50 bits per heavy atom. The third-order valence-electron chi connectivity index (χ3n) is 2.69. The summed E-state index contributed by atoms with van der Waals surface area (Å²) in [6.07, 6.45) is 3.61. The van der Waals surface area contributed by atoms with E-state index in [1.165, 1.54) is 11.3 Å². The maximum absolute atomic E-state index is 11.8. The third-order valence-corrected chi connectivity index (χ3v) is 4.85. The number of hydrogen-bond donors (Lipinski definition) is 2. The fraction of sp³-hybridized carbons (Fsp3) is 0.615. The number of nitrogen functional groups attached to an aromatic ring is 1. The van der Waals surface area contributed by atoms with Gasteiger partial charge < -0.3 is 11.1 Å². The Balaban J connectivity index is 2.87. The molecule has 3 N–H and O–H groups in total. The topological polar surface area (TPSA) is 55.1 Å². The number of Topliss-reactive ketones (excluding diaryl/α,β-unsaturated/α-hetero) is 1. The first-order valence-corrected chi connectivity index (χ1v) is 8.28. The van der Waals surface area contributed by atoms with E-state index in [1.807, 2.05) is 13.2 Å². The molecule has 0 aliphatic carbocycles. The van der Waals surface area contributed by atoms with Gasteiger partial charge in [-0.15, -0.1) is 23.1 Å². The number of hydrogen-bond acceptors (Lipinski definition) is 5. The summed E-state index contributed by atoms with van der Waals surface area (Å²) in [5.74, 6) is 0.800. The first kappa shape index (κ1) is 15.4. The van der Waals surface area contributed by atoms with E-state index in [0.29, 0.717) is 22.9 Å². The number of nitrogens with one attached hydrogen (secondary N) is 1. The van der Waals surface area contributed by atoms with Gasteiger partial charge in [-0.2, -0.15) is 0 Å². The highest BCUT2D eigenvalue weighted by Gasteiger charge is 2.19. The highest BCUT2D eigenvalue weighted by molar-refractivity contribution is 7.99. The summed E-state index contributed by atoms with van der Waals surface area (Å²) in [5, 5.41) is 4.44. The molecule has 1 rings (SSSR count). The second-order valence-electron chi connectivity index (χ2n) is 4.59. The molecule has 0 bridgehead atoms. The normalized spacial score (nSPS) is 10.9. The van der Waals surface area contributed by atoms with Crippen LogP contribution in [0.3, 0.4) is 0 Å². The molecule has 0 aromatic carbocycles. The van der Waals surface area contributed by atoms with Gasteiger partial charge in [0.25, 0.3) is 0 Å². The van der Waals surface area contributed by atoms with Crippen LogP contribution in [-0.2, 0) is 0 Å². The summed E-state index contributed by atoms with van der Waals surface area (Å²) in [6.45, 7) is 7.19. The largest absolute Gasteiger partial charge is 0.396 e. The molecule has 0 spiro atoms. The fourth-order valence-electron chi connectivity index (χ4n) is 1.59. The summed E-state index contributed by atoms with van der Waals surface area (Å²) >= 11 is 3.09. The first-order valence-electron chi connectivity index (χ1n) is 6.24. The molecule has 1 aromatic rings. The molecule has 0 saturated heterocycles. The van der Waals surface area contributed by atoms with E-state index >= 15 is 0 Å². The average molecular weight is 286 g/mol. The predicted molar refractivity (Wildman–Crippen MR) is 83.1 cm³/mol. The Hall–Kier alpha value is -0.680. The van der Waals surface area contributed by atoms with Gasteiger partial charge in [-0.1, -0.05) is 20.8 Å². The Bertz CT molecular complexity index is 413. The molecular weight excluding hydrogens is 264 g/mol. The van der Waals surface area contributed by atoms with E-state index in [-0.39, 0.29) is 5.78 Å². The molecule has 0 aliphatic heterocycles. The molecule has 5 heteroatoms. The molecule has 0 unspecified atom stereocenters. The lowest BCUT2D eigenvalue weighted by atomic mass is 10.1. The summed E-state index contributed by atoms with van der Waals surface area (Å²) in [7, 11) is 0. The maximum atomic E-state index is 11.8. The van der Waals surface area contributed by atoms with Gasteiger partial charge in [0.05, 0.1) is 15.5 Å². The van der Waals surface area contributed by atoms with Crippen LogP contribution in [0.1, 0.15) is 43.3 Å². The van der Waals surface area contributed by atoms with Gasteiger partial charge in [-0.3, -0.25) is 4.79 Å². The number of rotatable bonds is 7. The quantitative estimate of drug-likeness (QED) is 0.585. The van der Waals surface area contributed by atoms with Crippen molar-refractivity contribution in [3.63, 3.8) is 0 Å². The number of nitrogens with two attached hydrogens (primary N) is 1. The van der Waals surface area contributed by atoms with Crippen molar-refractivity contribution in [2.24, 2.45) is 5.92 Å². The molecule has 0 fully saturated rings. The lowest BCUT2D eigenvalue weighted by molar-refractivity contribution is 0.0992. The molecular formula is C13H22N2OS2. The third kappa shape index (κ3) is 3.65. The summed E-state index contributed by atoms with van der Waals surface area (Å²) in [6, 6.07) is 0. The molecule has 0 radical (unpaired) electrons. The smallest absolute Gasteiger partial charge is 0.174 e. The highest BCUT2D eigenvalue weighted by Crippen LogP contribution is 2.42. The average Bonchev–Trinajstić information content (AvgIpc) is 2.64. The van der Waals surface area contributed by atoms with Crippen molar-refractivity contribution < 1.29 is 4.79 Å². The summed E-state index contributed by atoms with van der Waals surface area (Å²) in [5.41, 5.74) is 6.70. The minimum atomic E-state index is 0.129. The number of thiophene rings is 1. The van der Waals surface area contributed by atoms with Crippen molar-refractivity contribution in [2.45, 2.75) is 38.5 Å². The molecule has 3 nitrogen and oxygen atoms in total. The molecule has 0 saturated carbocycles. The van der Waals surface area contributed by atoms with Crippen LogP contribution in [0.15, 0.2) is 4.90 Å². The van der Waals surface area contributed by atoms with Gasteiger partial charge in [0.1, 0.15) is 5.00 Å². The molecule has 0 aliphatic rings. The first-order chi connectivity index (χ1) is 8.51. The summed E-state index contributed by atoms with van der Waals surface area (Å²) < 4.78 is 0. The van der Waals surface area contributed by atoms with Crippen LogP contribution in [-0.4, -0.2) is 18.6 Å². The van der Waals surface area contributed by atoms with Crippen LogP contribution < -0.4 is 11.1 Å². The van der Waals surface area contributed by atoms with Crippen molar-refractivity contribution in [3.8, 4) is 0 Å². The van der Waals surface area contributed by atoms with E-state index in [1.54, 1.807) is 11.8 Å². The van der Waals surface area contributed by atoms with Crippen molar-refractivity contribution in [3.05, 3.63) is 4.88 Å². The SMILES string of the molecule is CCC(=O)c1sc(NCCC(C)C)c(SC)c1N. The zero-order chi connectivity index (χ0) is 13.7. The van der Waals surface area contributed by atoms with Crippen molar-refractivity contribution in [1.29, 1.82) is 0 Å². The molecule has 18 heavy (non-hydrogen) atoms. The fourth-order valence-corrected chi connectivity index (χ4v) is 3.66. The van der Waals surface area contributed by atoms with Crippen LogP contribution >= 0.6 is 23.1 Å². The second kappa shape index (κ2) is 7.04. The zero-order valence-corrected chi connectivity index (χ0v) is 13.1. The van der Waals surface area contributed by atoms with Gasteiger partial charge >= 0.3 is 0 Å². The van der Waals surface area contributed by atoms with Crippen molar-refractivity contribution >= 4 is 39.6 Å². The Morgan fingerprint density at radius 2 is 2.17 bits per heavy atom. The van der Waals surface area contributed by atoms with E-state index < -0.39 is 0 Å². The van der Waals surface area contributed by atoms with Gasteiger partial charge in [0.15, 0.2) is 5.78 Å². The monoisotopic (exact) mass is 286 g/mol. The second-order valence-corrected chi connectivity index (χ2v) is 6.43. The highest BCUT2D eigenvalue weighted by atomic mass is 32.2. The maximum Gasteiger partial charge on any atom is 0.174 e. The van der Waals surface area contributed by atoms with Gasteiger partial charge in [0.2, 0.25) is 0 Å². The summed E-state index contributed by atoms with van der Waals surface area (Å²) in [4.78, 5) is 13.5. The number of ketones is 1. The Morgan fingerprint density at radius 3 is 2.67 bits per heavy atom. The van der Waals surface area contributed by atoms with Gasteiger partial charge in [-0.05, 0) is 18.6 Å². The number of anilines is 2. The van der Waals surface area contributed by atoms with Gasteiger partial charge in [-0.25, -0.2) is 0 Å². The Labute approximate surface area is 118 Å². The van der Waals surface area contributed by atoms with E-state index in [9.17, 15) is 4.79 Å². The molecule has 1 heterocycles. The Kier molecular flexibility index (Phi) is 6.02. The molecule has 0 atom stereocenters. The minimum absolute atomic E-state index is 0.129. The zero-order valence-electron chi connectivity index (χ0n) is 11.5. The van der Waals surface area contributed by atoms with Crippen molar-refractivity contribution in [2.75, 3.05) is 23.9 Å². The number of carbonyl (C=O) groups excluding carboxylic acids is 1. The molecule has 102 valence electrons. The molecule has 1 aromatic heterocycles. The van der Waals surface area contributed by atoms with Crippen molar-refractivity contribution in [1.82, 2.24) is 0 Å². The lowest BCUT2D eigenvalue weighted by Gasteiger charge is -2.07. The number of thioether (sulfide) groups is 1.